The van der Waals surface area contributed by atoms with E-state index in [1.54, 1.807) is 25.1 Å². The number of esters is 2. The van der Waals surface area contributed by atoms with Gasteiger partial charge in [0.15, 0.2) is 11.4 Å². The predicted molar refractivity (Wildman–Crippen MR) is 118 cm³/mol. The molecule has 10 heteroatoms. The molecule has 1 heterocycles. The number of rotatable bonds is 6. The van der Waals surface area contributed by atoms with Crippen LogP contribution in [0, 0.1) is 6.92 Å². The molecule has 0 atom stereocenters. The lowest BCUT2D eigenvalue weighted by Crippen LogP contribution is -2.27. The van der Waals surface area contributed by atoms with Crippen molar-refractivity contribution in [1.82, 2.24) is 9.78 Å². The van der Waals surface area contributed by atoms with Crippen LogP contribution in [0.15, 0.2) is 53.3 Å². The monoisotopic (exact) mass is 451 g/mol. The minimum absolute atomic E-state index is 0.00435. The van der Waals surface area contributed by atoms with E-state index in [4.69, 9.17) is 14.2 Å². The molecule has 0 bridgehead atoms. The van der Waals surface area contributed by atoms with Gasteiger partial charge in [-0.3, -0.25) is 9.59 Å². The summed E-state index contributed by atoms with van der Waals surface area (Å²) in [6.45, 7) is 1.80. The fourth-order valence-corrected chi connectivity index (χ4v) is 3.09. The lowest BCUT2D eigenvalue weighted by molar-refractivity contribution is 0.0587. The van der Waals surface area contributed by atoms with Crippen LogP contribution in [0.25, 0.3) is 5.69 Å². The summed E-state index contributed by atoms with van der Waals surface area (Å²) in [7, 11) is 3.69. The summed E-state index contributed by atoms with van der Waals surface area (Å²) in [6, 6.07) is 12.1. The molecular formula is C23H21N3O7. The Morgan fingerprint density at radius 2 is 1.64 bits per heavy atom. The Hall–Kier alpha value is -4.47. The van der Waals surface area contributed by atoms with Gasteiger partial charge < -0.3 is 19.5 Å². The normalized spacial score (nSPS) is 10.3. The maximum absolute atomic E-state index is 13.2. The lowest BCUT2D eigenvalue weighted by atomic mass is 10.1. The average molecular weight is 451 g/mol. The van der Waals surface area contributed by atoms with Crippen molar-refractivity contribution in [2.45, 2.75) is 6.92 Å². The fourth-order valence-electron chi connectivity index (χ4n) is 3.09. The third kappa shape index (κ3) is 4.74. The molecule has 1 aromatic heterocycles. The topological polar surface area (TPSA) is 126 Å². The molecule has 0 aliphatic heterocycles. The van der Waals surface area contributed by atoms with Gasteiger partial charge in [0.1, 0.15) is 0 Å². The first-order valence-electron chi connectivity index (χ1n) is 9.67. The van der Waals surface area contributed by atoms with Crippen LogP contribution in [0.1, 0.15) is 36.8 Å². The van der Waals surface area contributed by atoms with Crippen LogP contribution in [-0.4, -0.2) is 49.0 Å². The number of aryl methyl sites for hydroxylation is 1. The molecule has 0 unspecified atom stereocenters. The third-order valence-electron chi connectivity index (χ3n) is 4.77. The number of nitrogens with zero attached hydrogens (tertiary/aromatic N) is 2. The van der Waals surface area contributed by atoms with Gasteiger partial charge in [0.2, 0.25) is 0 Å². The Morgan fingerprint density at radius 3 is 2.27 bits per heavy atom. The first kappa shape index (κ1) is 23.2. The molecule has 0 spiro atoms. The largest absolute Gasteiger partial charge is 0.494 e. The van der Waals surface area contributed by atoms with E-state index in [1.807, 2.05) is 6.07 Å². The maximum atomic E-state index is 13.2. The number of ether oxygens (including phenoxy) is 3. The number of anilines is 1. The van der Waals surface area contributed by atoms with E-state index in [-0.39, 0.29) is 28.3 Å². The van der Waals surface area contributed by atoms with Crippen LogP contribution >= 0.6 is 0 Å². The molecular weight excluding hydrogens is 430 g/mol. The first-order valence-corrected chi connectivity index (χ1v) is 9.67. The molecule has 33 heavy (non-hydrogen) atoms. The van der Waals surface area contributed by atoms with Gasteiger partial charge in [0.05, 0.1) is 49.9 Å². The van der Waals surface area contributed by atoms with Crippen LogP contribution < -0.4 is 15.6 Å². The van der Waals surface area contributed by atoms with E-state index < -0.39 is 23.4 Å². The number of nitrogens with one attached hydrogen (secondary N) is 1. The highest BCUT2D eigenvalue weighted by atomic mass is 16.5. The number of aromatic nitrogens is 2. The van der Waals surface area contributed by atoms with Crippen molar-refractivity contribution >= 4 is 23.5 Å². The average Bonchev–Trinajstić information content (AvgIpc) is 2.83. The number of hydrogen-bond acceptors (Lipinski definition) is 8. The van der Waals surface area contributed by atoms with Crippen molar-refractivity contribution in [3.8, 4) is 11.4 Å². The number of carbonyl (C=O) groups excluding carboxylic acids is 3. The Kier molecular flexibility index (Phi) is 6.87. The van der Waals surface area contributed by atoms with E-state index in [2.05, 4.69) is 10.4 Å². The predicted octanol–water partition coefficient (Wildman–Crippen LogP) is 2.38. The summed E-state index contributed by atoms with van der Waals surface area (Å²) in [6.07, 6.45) is 0. The van der Waals surface area contributed by atoms with E-state index in [0.717, 1.165) is 16.3 Å². The molecule has 3 rings (SSSR count). The number of methoxy groups -OCH3 is 3. The van der Waals surface area contributed by atoms with Gasteiger partial charge in [-0.05, 0) is 36.8 Å². The van der Waals surface area contributed by atoms with Crippen LogP contribution in [0.2, 0.25) is 0 Å². The maximum Gasteiger partial charge on any atom is 0.339 e. The first-order chi connectivity index (χ1) is 15.8. The third-order valence-corrected chi connectivity index (χ3v) is 4.77. The molecule has 170 valence electrons. The van der Waals surface area contributed by atoms with E-state index in [1.165, 1.54) is 39.5 Å². The van der Waals surface area contributed by atoms with Crippen LogP contribution in [0.4, 0.5) is 5.69 Å². The van der Waals surface area contributed by atoms with Crippen molar-refractivity contribution in [1.29, 1.82) is 0 Å². The van der Waals surface area contributed by atoms with Gasteiger partial charge in [-0.15, -0.1) is 0 Å². The molecule has 1 amide bonds. The van der Waals surface area contributed by atoms with Crippen LogP contribution in [0.3, 0.4) is 0 Å². The molecule has 0 saturated heterocycles. The van der Waals surface area contributed by atoms with Crippen molar-refractivity contribution in [2.24, 2.45) is 0 Å². The quantitative estimate of drug-likeness (QED) is 0.566. The smallest absolute Gasteiger partial charge is 0.339 e. The van der Waals surface area contributed by atoms with Gasteiger partial charge in [-0.2, -0.15) is 9.78 Å². The molecule has 0 fully saturated rings. The molecule has 0 aliphatic carbocycles. The summed E-state index contributed by atoms with van der Waals surface area (Å²) in [5.74, 6) is -2.23. The summed E-state index contributed by atoms with van der Waals surface area (Å²) >= 11 is 0. The Morgan fingerprint density at radius 1 is 0.939 bits per heavy atom. The number of benzene rings is 2. The van der Waals surface area contributed by atoms with Gasteiger partial charge in [-0.1, -0.05) is 18.2 Å². The summed E-state index contributed by atoms with van der Waals surface area (Å²) in [4.78, 5) is 49.8. The van der Waals surface area contributed by atoms with E-state index in [9.17, 15) is 19.2 Å². The second kappa shape index (κ2) is 9.77. The molecule has 2 aromatic carbocycles. The highest BCUT2D eigenvalue weighted by Crippen LogP contribution is 2.23. The number of carbonyl (C=O) groups is 3. The second-order valence-electron chi connectivity index (χ2n) is 6.80. The standard InChI is InChI=1S/C23H21N3O7/c1-13-7-5-6-8-17(13)26-19(27)12-18(31-2)20(25-26)21(28)24-16-11-14(22(29)32-3)9-10-15(16)23(30)33-4/h5-12H,1-4H3,(H,24,28). The number of hydrogen-bond donors (Lipinski definition) is 1. The highest BCUT2D eigenvalue weighted by molar-refractivity contribution is 6.09. The molecule has 0 aliphatic rings. The fraction of sp³-hybridized carbons (Fsp3) is 0.174. The van der Waals surface area contributed by atoms with Gasteiger partial charge >= 0.3 is 11.9 Å². The SMILES string of the molecule is COC(=O)c1ccc(C(=O)OC)c(NC(=O)c2nn(-c3ccccc3C)c(=O)cc2OC)c1. The molecule has 3 aromatic rings. The molecule has 10 nitrogen and oxygen atoms in total. The zero-order valence-electron chi connectivity index (χ0n) is 18.4. The van der Waals surface area contributed by atoms with Crippen molar-refractivity contribution in [3.05, 3.63) is 81.3 Å². The summed E-state index contributed by atoms with van der Waals surface area (Å²) < 4.78 is 15.7. The Balaban J connectivity index is 2.10. The molecule has 0 saturated carbocycles. The van der Waals surface area contributed by atoms with E-state index >= 15 is 0 Å². The van der Waals surface area contributed by atoms with Crippen LogP contribution in [0.5, 0.6) is 5.75 Å². The summed E-state index contributed by atoms with van der Waals surface area (Å²) in [5, 5.41) is 6.74. The minimum atomic E-state index is -0.777. The van der Waals surface area contributed by atoms with Gasteiger partial charge in [0, 0.05) is 0 Å². The van der Waals surface area contributed by atoms with Crippen molar-refractivity contribution < 1.29 is 28.6 Å². The Bertz CT molecular complexity index is 1300. The van der Waals surface area contributed by atoms with Crippen molar-refractivity contribution in [2.75, 3.05) is 26.6 Å². The van der Waals surface area contributed by atoms with E-state index in [0.29, 0.717) is 5.69 Å². The highest BCUT2D eigenvalue weighted by Gasteiger charge is 2.22. The molecule has 1 N–H and O–H groups in total. The lowest BCUT2D eigenvalue weighted by Gasteiger charge is -2.14. The van der Waals surface area contributed by atoms with Gasteiger partial charge in [0.25, 0.3) is 11.5 Å². The van der Waals surface area contributed by atoms with Gasteiger partial charge in [-0.25, -0.2) is 9.59 Å². The molecule has 0 radical (unpaired) electrons. The van der Waals surface area contributed by atoms with Crippen LogP contribution in [-0.2, 0) is 9.47 Å². The zero-order chi connectivity index (χ0) is 24.1. The summed E-state index contributed by atoms with van der Waals surface area (Å²) in [5.41, 5.74) is 0.645. The van der Waals surface area contributed by atoms with Crippen molar-refractivity contribution in [3.63, 3.8) is 0 Å². The Labute approximate surface area is 188 Å². The second-order valence-corrected chi connectivity index (χ2v) is 6.80. The minimum Gasteiger partial charge on any atom is -0.494 e. The number of para-hydroxylation sites is 1. The number of amides is 1. The zero-order valence-corrected chi connectivity index (χ0v) is 18.4.